The number of ether oxygens (including phenoxy) is 2. The van der Waals surface area contributed by atoms with E-state index in [0.717, 1.165) is 18.4 Å². The van der Waals surface area contributed by atoms with Crippen LogP contribution in [0, 0.1) is 50.2 Å². The first-order valence-electron chi connectivity index (χ1n) is 17.7. The second kappa shape index (κ2) is 11.4. The molecule has 0 spiro atoms. The molecule has 0 amide bonds. The molecule has 0 aromatic carbocycles. The van der Waals surface area contributed by atoms with Crippen molar-refractivity contribution < 1.29 is 55.1 Å². The van der Waals surface area contributed by atoms with Crippen molar-refractivity contribution in [1.29, 1.82) is 0 Å². The summed E-state index contributed by atoms with van der Waals surface area (Å²) < 4.78 is 11.4. The molecule has 6 aliphatic rings. The van der Waals surface area contributed by atoms with Crippen LogP contribution in [0.1, 0.15) is 92.9 Å². The van der Waals surface area contributed by atoms with Gasteiger partial charge in [-0.3, -0.25) is 4.79 Å². The summed E-state index contributed by atoms with van der Waals surface area (Å²) >= 11 is 0. The number of hydrogen-bond acceptors (Lipinski definition) is 11. The Kier molecular flexibility index (Phi) is 8.68. The number of esters is 1. The maximum Gasteiger partial charge on any atom is 0.315 e. The van der Waals surface area contributed by atoms with E-state index in [2.05, 4.69) is 26.8 Å². The molecule has 11 heteroatoms. The molecule has 5 fully saturated rings. The summed E-state index contributed by atoms with van der Waals surface area (Å²) in [6, 6.07) is 0. The van der Waals surface area contributed by atoms with E-state index >= 15 is 0 Å². The fraction of sp³-hybridized carbons (Fsp3) is 0.917. The Hall–Kier alpha value is -1.15. The smallest absolute Gasteiger partial charge is 0.315 e. The fourth-order valence-electron chi connectivity index (χ4n) is 12.1. The van der Waals surface area contributed by atoms with Crippen molar-refractivity contribution in [2.75, 3.05) is 13.2 Å². The van der Waals surface area contributed by atoms with Gasteiger partial charge >= 0.3 is 5.97 Å². The first kappa shape index (κ1) is 35.7. The predicted octanol–water partition coefficient (Wildman–Crippen LogP) is 1.41. The van der Waals surface area contributed by atoms with E-state index in [-0.39, 0.29) is 29.3 Å². The number of hydrogen-bond donors (Lipinski definition) is 8. The lowest BCUT2D eigenvalue weighted by Gasteiger charge is -2.71. The van der Waals surface area contributed by atoms with E-state index in [1.54, 1.807) is 0 Å². The topological polar surface area (TPSA) is 197 Å². The summed E-state index contributed by atoms with van der Waals surface area (Å²) in [6.07, 6.45) is -3.62. The minimum atomic E-state index is -1.72. The summed E-state index contributed by atoms with van der Waals surface area (Å²) in [5.74, 6) is -1.08. The Balaban J connectivity index is 1.39. The first-order chi connectivity index (χ1) is 21.8. The number of rotatable bonds is 4. The van der Waals surface area contributed by atoms with Gasteiger partial charge in [-0.25, -0.2) is 0 Å². The van der Waals surface area contributed by atoms with Gasteiger partial charge in [0.25, 0.3) is 0 Å². The van der Waals surface area contributed by atoms with Gasteiger partial charge in [-0.15, -0.1) is 0 Å². The van der Waals surface area contributed by atoms with Crippen LogP contribution in [-0.4, -0.2) is 109 Å². The van der Waals surface area contributed by atoms with Gasteiger partial charge in [-0.2, -0.15) is 0 Å². The zero-order chi connectivity index (χ0) is 34.7. The molecule has 1 saturated heterocycles. The molecule has 268 valence electrons. The highest BCUT2D eigenvalue weighted by atomic mass is 16.7. The molecule has 1 aliphatic heterocycles. The molecule has 0 radical (unpaired) electrons. The van der Waals surface area contributed by atoms with Crippen LogP contribution in [0.3, 0.4) is 0 Å². The third-order valence-electron chi connectivity index (χ3n) is 15.4. The average Bonchev–Trinajstić information content (AvgIpc) is 3.02. The third kappa shape index (κ3) is 4.67. The SMILES string of the molecule is CC1(C)CC[C@]2(C(=O)O[C@@H]3O[C@H](CO)[C@@H](O)[C@H](O)[C@H]3O)CC[C@]3(C)C(=CC[C@H]4[C@@]5(C)C[C@@H](O)[C@H](O)[C@](C)(CO)[C@H]5CC[C@]43C)[C@H]2[C@@H]1O. The zero-order valence-electron chi connectivity index (χ0n) is 28.8. The maximum absolute atomic E-state index is 14.4. The molecule has 4 saturated carbocycles. The van der Waals surface area contributed by atoms with E-state index in [9.17, 15) is 45.6 Å². The molecule has 0 bridgehead atoms. The van der Waals surface area contributed by atoms with Crippen LogP contribution in [-0.2, 0) is 14.3 Å². The number of allylic oxidation sites excluding steroid dienone is 1. The molecule has 47 heavy (non-hydrogen) atoms. The number of carbonyl (C=O) groups is 1. The lowest BCUT2D eigenvalue weighted by molar-refractivity contribution is -0.298. The van der Waals surface area contributed by atoms with E-state index < -0.39 is 89.2 Å². The Morgan fingerprint density at radius 3 is 2.15 bits per heavy atom. The molecule has 0 aromatic rings. The minimum Gasteiger partial charge on any atom is -0.432 e. The van der Waals surface area contributed by atoms with Gasteiger partial charge in [-0.05, 0) is 84.9 Å². The van der Waals surface area contributed by atoms with Crippen LogP contribution in [0.2, 0.25) is 0 Å². The molecular formula is C36H58O11. The summed E-state index contributed by atoms with van der Waals surface area (Å²) in [7, 11) is 0. The highest BCUT2D eigenvalue weighted by molar-refractivity contribution is 5.79. The molecule has 1 heterocycles. The lowest BCUT2D eigenvalue weighted by Crippen LogP contribution is -2.69. The number of fused-ring (bicyclic) bond motifs is 7. The van der Waals surface area contributed by atoms with Crippen molar-refractivity contribution in [2.24, 2.45) is 50.2 Å². The van der Waals surface area contributed by atoms with Crippen LogP contribution < -0.4 is 0 Å². The second-order valence-electron chi connectivity index (χ2n) is 17.8. The zero-order valence-corrected chi connectivity index (χ0v) is 28.8. The van der Waals surface area contributed by atoms with Gasteiger partial charge in [0.2, 0.25) is 6.29 Å². The van der Waals surface area contributed by atoms with Crippen molar-refractivity contribution in [1.82, 2.24) is 0 Å². The quantitative estimate of drug-likeness (QED) is 0.160. The molecule has 16 atom stereocenters. The first-order valence-corrected chi connectivity index (χ1v) is 17.7. The Bertz CT molecular complexity index is 1270. The molecule has 11 nitrogen and oxygen atoms in total. The van der Waals surface area contributed by atoms with Gasteiger partial charge in [0.05, 0.1) is 36.9 Å². The maximum atomic E-state index is 14.4. The van der Waals surface area contributed by atoms with Crippen molar-refractivity contribution in [2.45, 2.75) is 142 Å². The Morgan fingerprint density at radius 2 is 1.51 bits per heavy atom. The summed E-state index contributed by atoms with van der Waals surface area (Å²) in [5, 5.41) is 85.9. The number of aliphatic hydroxyl groups is 8. The Morgan fingerprint density at radius 1 is 0.851 bits per heavy atom. The minimum absolute atomic E-state index is 0.00502. The van der Waals surface area contributed by atoms with Crippen molar-refractivity contribution >= 4 is 5.97 Å². The second-order valence-corrected chi connectivity index (χ2v) is 17.8. The van der Waals surface area contributed by atoms with Crippen LogP contribution in [0.15, 0.2) is 11.6 Å². The molecular weight excluding hydrogens is 608 g/mol. The fourth-order valence-corrected chi connectivity index (χ4v) is 12.1. The molecule has 5 aliphatic carbocycles. The normalized spacial score (nSPS) is 55.4. The van der Waals surface area contributed by atoms with Crippen LogP contribution in [0.25, 0.3) is 0 Å². The van der Waals surface area contributed by atoms with Crippen LogP contribution in [0.4, 0.5) is 0 Å². The highest BCUT2D eigenvalue weighted by Gasteiger charge is 2.72. The molecule has 0 unspecified atom stereocenters. The summed E-state index contributed by atoms with van der Waals surface area (Å²) in [4.78, 5) is 14.4. The van der Waals surface area contributed by atoms with Crippen molar-refractivity contribution in [3.05, 3.63) is 11.6 Å². The number of aliphatic hydroxyl groups excluding tert-OH is 8. The monoisotopic (exact) mass is 666 g/mol. The van der Waals surface area contributed by atoms with Crippen molar-refractivity contribution in [3.8, 4) is 0 Å². The van der Waals surface area contributed by atoms with E-state index in [1.807, 2.05) is 20.8 Å². The summed E-state index contributed by atoms with van der Waals surface area (Å²) in [6.45, 7) is 11.9. The molecule has 0 aromatic heterocycles. The Labute approximate surface area is 278 Å². The molecule has 6 rings (SSSR count). The lowest BCUT2D eigenvalue weighted by atomic mass is 9.33. The summed E-state index contributed by atoms with van der Waals surface area (Å²) in [5.41, 5.74) is -2.46. The van der Waals surface area contributed by atoms with Crippen LogP contribution in [0.5, 0.6) is 0 Å². The van der Waals surface area contributed by atoms with Gasteiger partial charge in [0.15, 0.2) is 0 Å². The van der Waals surface area contributed by atoms with Crippen molar-refractivity contribution in [3.63, 3.8) is 0 Å². The third-order valence-corrected chi connectivity index (χ3v) is 15.4. The predicted molar refractivity (Wildman–Crippen MR) is 169 cm³/mol. The molecule has 8 N–H and O–H groups in total. The van der Waals surface area contributed by atoms with Gasteiger partial charge < -0.3 is 50.3 Å². The highest BCUT2D eigenvalue weighted by Crippen LogP contribution is 2.75. The van der Waals surface area contributed by atoms with Gasteiger partial charge in [0, 0.05) is 11.3 Å². The van der Waals surface area contributed by atoms with E-state index in [0.29, 0.717) is 38.5 Å². The van der Waals surface area contributed by atoms with Crippen LogP contribution >= 0.6 is 0 Å². The van der Waals surface area contributed by atoms with Gasteiger partial charge in [0.1, 0.15) is 24.4 Å². The average molecular weight is 667 g/mol. The largest absolute Gasteiger partial charge is 0.432 e. The van der Waals surface area contributed by atoms with E-state index in [1.165, 1.54) is 0 Å². The van der Waals surface area contributed by atoms with E-state index in [4.69, 9.17) is 9.47 Å². The van der Waals surface area contributed by atoms with Gasteiger partial charge in [-0.1, -0.05) is 53.2 Å². The number of carbonyl (C=O) groups excluding carboxylic acids is 1. The standard InChI is InChI=1S/C36H58O11/c1-31(2)11-13-36(30(45)47-29-26(42)25(41)24(40)20(16-37)46-29)14-12-34(5)18(23(36)28(31)44)7-8-22-32(3)15-19(39)27(43)33(4,17-38)21(32)9-10-35(22,34)6/h7,19-29,37-44H,8-17H2,1-6H3/t19-,20-,21+,22+,23+,24-,25+,26-,27+,28+,29+,32+,33-,34-,35-,36+/m1/s1.